The molecular formula is C8H11IO2. The average Bonchev–Trinajstić information content (AvgIpc) is 2.26. The van der Waals surface area contributed by atoms with Gasteiger partial charge in [-0.2, -0.15) is 0 Å². The van der Waals surface area contributed by atoms with E-state index in [0.717, 1.165) is 22.8 Å². The van der Waals surface area contributed by atoms with Crippen LogP contribution < -0.4 is 0 Å². The summed E-state index contributed by atoms with van der Waals surface area (Å²) in [4.78, 5) is 10.7. The van der Waals surface area contributed by atoms with Crippen molar-refractivity contribution in [1.29, 1.82) is 0 Å². The Morgan fingerprint density at radius 3 is 2.91 bits per heavy atom. The molecule has 0 bridgehead atoms. The van der Waals surface area contributed by atoms with Gasteiger partial charge in [-0.3, -0.25) is 0 Å². The number of rotatable bonds is 3. The fourth-order valence-electron chi connectivity index (χ4n) is 1.02. The van der Waals surface area contributed by atoms with Crippen LogP contribution in [0.4, 0.5) is 0 Å². The fourth-order valence-corrected chi connectivity index (χ4v) is 1.72. The highest BCUT2D eigenvalue weighted by atomic mass is 127. The Morgan fingerprint density at radius 2 is 2.45 bits per heavy atom. The van der Waals surface area contributed by atoms with E-state index in [-0.39, 0.29) is 12.1 Å². The third-order valence-corrected chi connectivity index (χ3v) is 2.65. The molecule has 0 N–H and O–H groups in total. The summed E-state index contributed by atoms with van der Waals surface area (Å²) >= 11 is 2.16. The average molecular weight is 266 g/mol. The van der Waals surface area contributed by atoms with E-state index >= 15 is 0 Å². The Hall–Kier alpha value is -0.0600. The van der Waals surface area contributed by atoms with Crippen molar-refractivity contribution in [2.24, 2.45) is 0 Å². The van der Waals surface area contributed by atoms with E-state index < -0.39 is 0 Å². The molecule has 0 aliphatic carbocycles. The van der Waals surface area contributed by atoms with Gasteiger partial charge in [-0.05, 0) is 35.4 Å². The van der Waals surface area contributed by atoms with E-state index in [1.54, 1.807) is 6.08 Å². The van der Waals surface area contributed by atoms with Crippen molar-refractivity contribution in [3.63, 3.8) is 0 Å². The summed E-state index contributed by atoms with van der Waals surface area (Å²) in [6.45, 7) is 2.13. The summed E-state index contributed by atoms with van der Waals surface area (Å²) < 4.78 is 6.08. The van der Waals surface area contributed by atoms with E-state index in [4.69, 9.17) is 4.74 Å². The third-order valence-electron chi connectivity index (χ3n) is 1.64. The molecule has 62 valence electrons. The third kappa shape index (κ3) is 2.47. The number of carbonyl (C=O) groups is 1. The van der Waals surface area contributed by atoms with Gasteiger partial charge in [0.15, 0.2) is 0 Å². The van der Waals surface area contributed by atoms with Crippen molar-refractivity contribution in [1.82, 2.24) is 0 Å². The predicted octanol–water partition coefficient (Wildman–Crippen LogP) is 2.42. The van der Waals surface area contributed by atoms with Crippen molar-refractivity contribution in [3.8, 4) is 0 Å². The smallest absolute Gasteiger partial charge is 0.332 e. The van der Waals surface area contributed by atoms with Crippen LogP contribution in [0.5, 0.6) is 0 Å². The van der Waals surface area contributed by atoms with Crippen molar-refractivity contribution in [2.45, 2.75) is 32.3 Å². The molecule has 11 heavy (non-hydrogen) atoms. The topological polar surface area (TPSA) is 26.3 Å². The first-order valence-electron chi connectivity index (χ1n) is 3.81. The molecule has 0 fully saturated rings. The van der Waals surface area contributed by atoms with Crippen LogP contribution in [0.25, 0.3) is 0 Å². The van der Waals surface area contributed by atoms with Crippen molar-refractivity contribution >= 4 is 28.6 Å². The maximum atomic E-state index is 10.7. The summed E-state index contributed by atoms with van der Waals surface area (Å²) in [5, 5.41) is 0. The number of esters is 1. The molecule has 0 saturated heterocycles. The zero-order valence-corrected chi connectivity index (χ0v) is 8.63. The molecule has 0 radical (unpaired) electrons. The Labute approximate surface area is 80.1 Å². The number of hydrogen-bond acceptors (Lipinski definition) is 2. The van der Waals surface area contributed by atoms with Crippen LogP contribution in [-0.4, -0.2) is 12.1 Å². The lowest BCUT2D eigenvalue weighted by molar-refractivity contribution is -0.138. The summed E-state index contributed by atoms with van der Waals surface area (Å²) in [5.74, 6) is -0.185. The van der Waals surface area contributed by atoms with Crippen molar-refractivity contribution in [2.75, 3.05) is 0 Å². The Bertz CT molecular complexity index is 187. The van der Waals surface area contributed by atoms with E-state index in [9.17, 15) is 4.79 Å². The Kier molecular flexibility index (Phi) is 3.36. The first-order valence-corrected chi connectivity index (χ1v) is 4.89. The summed E-state index contributed by atoms with van der Waals surface area (Å²) in [6, 6.07) is 0. The molecule has 3 heteroatoms. The van der Waals surface area contributed by atoms with Crippen LogP contribution >= 0.6 is 22.6 Å². The lowest BCUT2D eigenvalue weighted by atomic mass is 10.2. The van der Waals surface area contributed by atoms with Gasteiger partial charge in [-0.1, -0.05) is 13.3 Å². The fraction of sp³-hybridized carbons (Fsp3) is 0.625. The number of cyclic esters (lactones) is 1. The van der Waals surface area contributed by atoms with Gasteiger partial charge in [0.05, 0.1) is 0 Å². The lowest BCUT2D eigenvalue weighted by Gasteiger charge is -2.08. The lowest BCUT2D eigenvalue weighted by Crippen LogP contribution is -2.08. The van der Waals surface area contributed by atoms with Gasteiger partial charge in [0, 0.05) is 9.66 Å². The van der Waals surface area contributed by atoms with Gasteiger partial charge in [0.25, 0.3) is 0 Å². The second kappa shape index (κ2) is 4.09. The van der Waals surface area contributed by atoms with Gasteiger partial charge in [0.2, 0.25) is 0 Å². The second-order valence-electron chi connectivity index (χ2n) is 2.60. The molecule has 1 aliphatic rings. The molecule has 1 unspecified atom stereocenters. The normalized spacial score (nSPS) is 23.3. The summed E-state index contributed by atoms with van der Waals surface area (Å²) in [5.41, 5.74) is 0. The molecule has 1 atom stereocenters. The number of halogens is 1. The molecule has 1 rings (SSSR count). The Balaban J connectivity index is 2.38. The molecule has 0 saturated carbocycles. The van der Waals surface area contributed by atoms with Crippen molar-refractivity contribution in [3.05, 3.63) is 9.66 Å². The minimum absolute atomic E-state index is 0.0584. The molecule has 0 amide bonds. The number of carbonyl (C=O) groups excluding carboxylic acids is 1. The van der Waals surface area contributed by atoms with E-state index in [0.29, 0.717) is 0 Å². The van der Waals surface area contributed by atoms with Crippen LogP contribution in [0.15, 0.2) is 9.66 Å². The van der Waals surface area contributed by atoms with Crippen LogP contribution in [0, 0.1) is 0 Å². The molecule has 1 aliphatic heterocycles. The summed E-state index contributed by atoms with van der Waals surface area (Å²) in [7, 11) is 0. The largest absolute Gasteiger partial charge is 0.454 e. The molecule has 0 aromatic rings. The quantitative estimate of drug-likeness (QED) is 0.579. The van der Waals surface area contributed by atoms with Crippen LogP contribution in [0.1, 0.15) is 26.2 Å². The molecule has 1 heterocycles. The maximum Gasteiger partial charge on any atom is 0.332 e. The van der Waals surface area contributed by atoms with Gasteiger partial charge in [0.1, 0.15) is 6.10 Å². The highest BCUT2D eigenvalue weighted by Gasteiger charge is 2.22. The predicted molar refractivity (Wildman–Crippen MR) is 51.5 cm³/mol. The number of ether oxygens (including phenoxy) is 1. The minimum Gasteiger partial charge on any atom is -0.454 e. The number of hydrogen-bond donors (Lipinski definition) is 0. The first kappa shape index (κ1) is 9.03. The van der Waals surface area contributed by atoms with Gasteiger partial charge < -0.3 is 4.74 Å². The van der Waals surface area contributed by atoms with Gasteiger partial charge in [-0.25, -0.2) is 4.79 Å². The molecule has 2 nitrogen and oxygen atoms in total. The zero-order chi connectivity index (χ0) is 8.27. The van der Waals surface area contributed by atoms with Crippen LogP contribution in [0.2, 0.25) is 0 Å². The standard InChI is InChI=1S/C8H11IO2/c1-2-3-4-7-6(9)5-8(10)11-7/h5,7H,2-4H2,1H3. The van der Waals surface area contributed by atoms with Crippen LogP contribution in [-0.2, 0) is 9.53 Å². The van der Waals surface area contributed by atoms with E-state index in [1.807, 2.05) is 0 Å². The highest BCUT2D eigenvalue weighted by Crippen LogP contribution is 2.25. The first-order chi connectivity index (χ1) is 5.24. The number of unbranched alkanes of at least 4 members (excludes halogenated alkanes) is 1. The molecule has 0 aromatic heterocycles. The summed E-state index contributed by atoms with van der Waals surface area (Å²) in [6.07, 6.45) is 4.87. The van der Waals surface area contributed by atoms with E-state index in [1.165, 1.54) is 0 Å². The second-order valence-corrected chi connectivity index (χ2v) is 3.84. The SMILES string of the molecule is CCCCC1OC(=O)C=C1I. The Morgan fingerprint density at radius 1 is 1.73 bits per heavy atom. The highest BCUT2D eigenvalue weighted by molar-refractivity contribution is 14.1. The van der Waals surface area contributed by atoms with Gasteiger partial charge in [-0.15, -0.1) is 0 Å². The van der Waals surface area contributed by atoms with Crippen LogP contribution in [0.3, 0.4) is 0 Å². The monoisotopic (exact) mass is 266 g/mol. The van der Waals surface area contributed by atoms with E-state index in [2.05, 4.69) is 29.5 Å². The van der Waals surface area contributed by atoms with Crippen molar-refractivity contribution < 1.29 is 9.53 Å². The maximum absolute atomic E-state index is 10.7. The molecule has 0 aromatic carbocycles. The molecular weight excluding hydrogens is 255 g/mol. The molecule has 0 spiro atoms. The van der Waals surface area contributed by atoms with Gasteiger partial charge >= 0.3 is 5.97 Å². The minimum atomic E-state index is -0.185. The zero-order valence-electron chi connectivity index (χ0n) is 6.47.